The van der Waals surface area contributed by atoms with Crippen LogP contribution < -0.4 is 5.32 Å². The SMILES string of the molecule is CC(c1cccc(Cl)c1)N(C)C(=O)CCNC(C)(C)C. The summed E-state index contributed by atoms with van der Waals surface area (Å²) in [6, 6.07) is 7.67. The highest BCUT2D eigenvalue weighted by molar-refractivity contribution is 6.30. The van der Waals surface area contributed by atoms with Gasteiger partial charge >= 0.3 is 0 Å². The first kappa shape index (κ1) is 17.0. The molecule has 0 aliphatic heterocycles. The number of halogens is 1. The standard InChI is InChI=1S/C16H25ClN2O/c1-12(13-7-6-8-14(17)11-13)19(5)15(20)9-10-18-16(2,3)4/h6-8,11-12,18H,9-10H2,1-5H3. The molecule has 0 heterocycles. The van der Waals surface area contributed by atoms with Gasteiger partial charge in [0.1, 0.15) is 0 Å². The molecule has 1 aromatic carbocycles. The van der Waals surface area contributed by atoms with Crippen LogP contribution in [0.3, 0.4) is 0 Å². The maximum Gasteiger partial charge on any atom is 0.224 e. The van der Waals surface area contributed by atoms with Crippen molar-refractivity contribution in [3.63, 3.8) is 0 Å². The van der Waals surface area contributed by atoms with Crippen molar-refractivity contribution in [2.75, 3.05) is 13.6 Å². The highest BCUT2D eigenvalue weighted by atomic mass is 35.5. The number of benzene rings is 1. The normalized spacial score (nSPS) is 13.1. The lowest BCUT2D eigenvalue weighted by molar-refractivity contribution is -0.131. The van der Waals surface area contributed by atoms with Crippen LogP contribution >= 0.6 is 11.6 Å². The van der Waals surface area contributed by atoms with E-state index in [-0.39, 0.29) is 17.5 Å². The van der Waals surface area contributed by atoms with Gasteiger partial charge in [-0.3, -0.25) is 4.79 Å². The number of hydrogen-bond donors (Lipinski definition) is 1. The van der Waals surface area contributed by atoms with Crippen LogP contribution in [0.2, 0.25) is 5.02 Å². The first-order valence-electron chi connectivity index (χ1n) is 6.97. The molecule has 3 nitrogen and oxygen atoms in total. The molecule has 1 rings (SSSR count). The monoisotopic (exact) mass is 296 g/mol. The van der Waals surface area contributed by atoms with E-state index in [4.69, 9.17) is 11.6 Å². The molecule has 0 aliphatic carbocycles. The molecular weight excluding hydrogens is 272 g/mol. The first-order valence-corrected chi connectivity index (χ1v) is 7.34. The van der Waals surface area contributed by atoms with Gasteiger partial charge in [-0.25, -0.2) is 0 Å². The zero-order valence-corrected chi connectivity index (χ0v) is 13.8. The average molecular weight is 297 g/mol. The molecule has 1 unspecified atom stereocenters. The molecule has 0 bridgehead atoms. The Kier molecular flexibility index (Phi) is 6.03. The Morgan fingerprint density at radius 2 is 2.05 bits per heavy atom. The van der Waals surface area contributed by atoms with Gasteiger partial charge in [-0.1, -0.05) is 23.7 Å². The predicted octanol–water partition coefficient (Wildman–Crippen LogP) is 3.64. The Morgan fingerprint density at radius 3 is 2.60 bits per heavy atom. The van der Waals surface area contributed by atoms with Gasteiger partial charge in [0.2, 0.25) is 5.91 Å². The smallest absolute Gasteiger partial charge is 0.224 e. The maximum atomic E-state index is 12.2. The number of carbonyl (C=O) groups excluding carboxylic acids is 1. The Hall–Kier alpha value is -1.06. The molecule has 1 aromatic rings. The molecule has 1 N–H and O–H groups in total. The molecule has 20 heavy (non-hydrogen) atoms. The summed E-state index contributed by atoms with van der Waals surface area (Å²) in [5.74, 6) is 0.134. The first-order chi connectivity index (χ1) is 9.20. The van der Waals surface area contributed by atoms with Gasteiger partial charge < -0.3 is 10.2 Å². The van der Waals surface area contributed by atoms with Crippen LogP contribution in [0.15, 0.2) is 24.3 Å². The van der Waals surface area contributed by atoms with Crippen LogP contribution in [0.5, 0.6) is 0 Å². The lowest BCUT2D eigenvalue weighted by Crippen LogP contribution is -2.39. The quantitative estimate of drug-likeness (QED) is 0.900. The van der Waals surface area contributed by atoms with Crippen molar-refractivity contribution >= 4 is 17.5 Å². The van der Waals surface area contributed by atoms with E-state index in [9.17, 15) is 4.79 Å². The fourth-order valence-corrected chi connectivity index (χ4v) is 2.13. The van der Waals surface area contributed by atoms with Crippen LogP contribution in [0.25, 0.3) is 0 Å². The fraction of sp³-hybridized carbons (Fsp3) is 0.562. The van der Waals surface area contributed by atoms with Crippen LogP contribution in [-0.2, 0) is 4.79 Å². The van der Waals surface area contributed by atoms with Gasteiger partial charge in [-0.2, -0.15) is 0 Å². The third-order valence-corrected chi connectivity index (χ3v) is 3.53. The minimum absolute atomic E-state index is 0.0239. The molecule has 0 saturated heterocycles. The van der Waals surface area contributed by atoms with Crippen LogP contribution in [0.4, 0.5) is 0 Å². The van der Waals surface area contributed by atoms with Gasteiger partial charge in [0.25, 0.3) is 0 Å². The zero-order chi connectivity index (χ0) is 15.3. The molecule has 0 spiro atoms. The Labute approximate surface area is 127 Å². The van der Waals surface area contributed by atoms with E-state index in [1.54, 1.807) is 4.90 Å². The Balaban J connectivity index is 2.56. The molecule has 4 heteroatoms. The number of nitrogens with zero attached hydrogens (tertiary/aromatic N) is 1. The Bertz CT molecular complexity index is 454. The van der Waals surface area contributed by atoms with Crippen LogP contribution in [0, 0.1) is 0 Å². The molecule has 1 amide bonds. The summed E-state index contributed by atoms with van der Waals surface area (Å²) >= 11 is 5.99. The molecule has 0 radical (unpaired) electrons. The molecule has 0 fully saturated rings. The minimum Gasteiger partial charge on any atom is -0.339 e. The topological polar surface area (TPSA) is 32.3 Å². The summed E-state index contributed by atoms with van der Waals surface area (Å²) in [6.07, 6.45) is 0.499. The lowest BCUT2D eigenvalue weighted by atomic mass is 10.1. The molecule has 0 saturated carbocycles. The number of rotatable bonds is 5. The van der Waals surface area contributed by atoms with Gasteiger partial charge in [0.15, 0.2) is 0 Å². The van der Waals surface area contributed by atoms with E-state index in [1.165, 1.54) is 0 Å². The second kappa shape index (κ2) is 7.09. The van der Waals surface area contributed by atoms with Crippen molar-refractivity contribution in [1.82, 2.24) is 10.2 Å². The van der Waals surface area contributed by atoms with Crippen molar-refractivity contribution in [1.29, 1.82) is 0 Å². The number of nitrogens with one attached hydrogen (secondary N) is 1. The average Bonchev–Trinajstić information content (AvgIpc) is 2.35. The van der Waals surface area contributed by atoms with Crippen molar-refractivity contribution in [2.45, 2.75) is 45.7 Å². The summed E-state index contributed by atoms with van der Waals surface area (Å²) in [5, 5.41) is 4.03. The van der Waals surface area contributed by atoms with E-state index in [1.807, 2.05) is 38.2 Å². The van der Waals surface area contributed by atoms with Crippen LogP contribution in [-0.4, -0.2) is 29.9 Å². The highest BCUT2D eigenvalue weighted by Gasteiger charge is 2.18. The zero-order valence-electron chi connectivity index (χ0n) is 13.0. The molecular formula is C16H25ClN2O. The van der Waals surface area contributed by atoms with Crippen molar-refractivity contribution < 1.29 is 4.79 Å². The highest BCUT2D eigenvalue weighted by Crippen LogP contribution is 2.22. The summed E-state index contributed by atoms with van der Waals surface area (Å²) in [6.45, 7) is 8.98. The van der Waals surface area contributed by atoms with E-state index in [0.29, 0.717) is 18.0 Å². The minimum atomic E-state index is 0.0239. The second-order valence-corrected chi connectivity index (χ2v) is 6.60. The van der Waals surface area contributed by atoms with Gasteiger partial charge in [0, 0.05) is 30.6 Å². The largest absolute Gasteiger partial charge is 0.339 e. The van der Waals surface area contributed by atoms with Crippen molar-refractivity contribution in [3.05, 3.63) is 34.9 Å². The summed E-state index contributed by atoms with van der Waals surface area (Å²) in [4.78, 5) is 14.0. The lowest BCUT2D eigenvalue weighted by Gasteiger charge is -2.27. The molecule has 0 aromatic heterocycles. The number of amides is 1. The second-order valence-electron chi connectivity index (χ2n) is 6.16. The maximum absolute atomic E-state index is 12.2. The van der Waals surface area contributed by atoms with Crippen molar-refractivity contribution in [2.24, 2.45) is 0 Å². The summed E-state index contributed by atoms with van der Waals surface area (Å²) in [7, 11) is 1.84. The third kappa shape index (κ3) is 5.51. The fourth-order valence-electron chi connectivity index (χ4n) is 1.93. The van der Waals surface area contributed by atoms with Crippen LogP contribution in [0.1, 0.15) is 45.7 Å². The Morgan fingerprint density at radius 1 is 1.40 bits per heavy atom. The van der Waals surface area contributed by atoms with E-state index in [0.717, 1.165) is 5.56 Å². The van der Waals surface area contributed by atoms with E-state index < -0.39 is 0 Å². The molecule has 1 atom stereocenters. The molecule has 0 aliphatic rings. The summed E-state index contributed by atoms with van der Waals surface area (Å²) < 4.78 is 0. The third-order valence-electron chi connectivity index (χ3n) is 3.30. The number of carbonyl (C=O) groups is 1. The van der Waals surface area contributed by atoms with Gasteiger partial charge in [0.05, 0.1) is 6.04 Å². The summed E-state index contributed by atoms with van der Waals surface area (Å²) in [5.41, 5.74) is 1.09. The van der Waals surface area contributed by atoms with E-state index >= 15 is 0 Å². The predicted molar refractivity (Wildman–Crippen MR) is 85.0 cm³/mol. The van der Waals surface area contributed by atoms with Gasteiger partial charge in [-0.05, 0) is 45.4 Å². The number of hydrogen-bond acceptors (Lipinski definition) is 2. The molecule has 112 valence electrons. The van der Waals surface area contributed by atoms with Crippen molar-refractivity contribution in [3.8, 4) is 0 Å². The van der Waals surface area contributed by atoms with E-state index in [2.05, 4.69) is 26.1 Å². The van der Waals surface area contributed by atoms with Gasteiger partial charge in [-0.15, -0.1) is 0 Å².